The number of sulfonamides is 1. The average molecular weight is 308 g/mol. The largest absolute Gasteiger partial charge is 0.356 e. The molecule has 0 aliphatic carbocycles. The van der Waals surface area contributed by atoms with E-state index in [1.807, 2.05) is 26.0 Å². The van der Waals surface area contributed by atoms with Crippen molar-refractivity contribution in [2.45, 2.75) is 18.7 Å². The van der Waals surface area contributed by atoms with E-state index in [4.69, 9.17) is 0 Å². The summed E-state index contributed by atoms with van der Waals surface area (Å²) in [6.07, 6.45) is 0. The maximum Gasteiger partial charge on any atom is 0.243 e. The molecule has 0 radical (unpaired) electrons. The molecule has 3 rings (SSSR count). The molecule has 1 aromatic rings. The van der Waals surface area contributed by atoms with Gasteiger partial charge in [0.2, 0.25) is 15.9 Å². The molecule has 3 atom stereocenters. The van der Waals surface area contributed by atoms with Gasteiger partial charge in [-0.15, -0.1) is 0 Å². The summed E-state index contributed by atoms with van der Waals surface area (Å²) < 4.78 is 26.9. The number of nitrogens with one attached hydrogen (secondary N) is 1. The highest BCUT2D eigenvalue weighted by molar-refractivity contribution is 7.89. The molecule has 6 heteroatoms. The number of piperidine rings is 1. The molecule has 114 valence electrons. The Hall–Kier alpha value is -1.40. The zero-order valence-corrected chi connectivity index (χ0v) is 13.1. The van der Waals surface area contributed by atoms with Gasteiger partial charge in [-0.2, -0.15) is 4.31 Å². The van der Waals surface area contributed by atoms with Gasteiger partial charge >= 0.3 is 0 Å². The van der Waals surface area contributed by atoms with Gasteiger partial charge in [-0.3, -0.25) is 4.79 Å². The Morgan fingerprint density at radius 1 is 1.19 bits per heavy atom. The standard InChI is InChI=1S/C15H20N2O3S/c1-10-3-5-13(6-4-10)21(19,20)17-8-12-7-16-15(18)11(2)14(12)9-17/h3-6,11-12,14H,7-9H2,1-2H3,(H,16,18)/t11-,12-,14-/m0/s1. The normalized spacial score (nSPS) is 30.0. The quantitative estimate of drug-likeness (QED) is 0.886. The van der Waals surface area contributed by atoms with Gasteiger partial charge in [0.1, 0.15) is 0 Å². The van der Waals surface area contributed by atoms with E-state index in [1.54, 1.807) is 12.1 Å². The summed E-state index contributed by atoms with van der Waals surface area (Å²) in [7, 11) is -3.46. The van der Waals surface area contributed by atoms with Crippen LogP contribution in [0.5, 0.6) is 0 Å². The maximum absolute atomic E-state index is 12.7. The smallest absolute Gasteiger partial charge is 0.243 e. The lowest BCUT2D eigenvalue weighted by Gasteiger charge is -2.29. The minimum Gasteiger partial charge on any atom is -0.356 e. The van der Waals surface area contributed by atoms with E-state index in [0.717, 1.165) is 5.56 Å². The number of carbonyl (C=O) groups is 1. The SMILES string of the molecule is Cc1ccc(S(=O)(=O)N2C[C@@H]3CNC(=O)[C@@H](C)[C@@H]3C2)cc1. The number of aryl methyl sites for hydroxylation is 1. The molecular weight excluding hydrogens is 288 g/mol. The summed E-state index contributed by atoms with van der Waals surface area (Å²) in [5, 5.41) is 2.86. The van der Waals surface area contributed by atoms with Crippen molar-refractivity contribution in [3.8, 4) is 0 Å². The molecule has 2 fully saturated rings. The van der Waals surface area contributed by atoms with E-state index in [-0.39, 0.29) is 23.7 Å². The van der Waals surface area contributed by atoms with E-state index < -0.39 is 10.0 Å². The second-order valence-electron chi connectivity index (χ2n) is 6.09. The molecule has 1 N–H and O–H groups in total. The van der Waals surface area contributed by atoms with Crippen LogP contribution >= 0.6 is 0 Å². The van der Waals surface area contributed by atoms with Crippen LogP contribution in [0.3, 0.4) is 0 Å². The lowest BCUT2D eigenvalue weighted by molar-refractivity contribution is -0.128. The number of rotatable bonds is 2. The fraction of sp³-hybridized carbons (Fsp3) is 0.533. The lowest BCUT2D eigenvalue weighted by atomic mass is 9.81. The van der Waals surface area contributed by atoms with Gasteiger partial charge in [-0.25, -0.2) is 8.42 Å². The number of fused-ring (bicyclic) bond motifs is 1. The second kappa shape index (κ2) is 5.10. The van der Waals surface area contributed by atoms with Crippen LogP contribution in [0.4, 0.5) is 0 Å². The average Bonchev–Trinajstić information content (AvgIpc) is 2.89. The predicted molar refractivity (Wildman–Crippen MR) is 79.1 cm³/mol. The molecule has 5 nitrogen and oxygen atoms in total. The Labute approximate surface area is 125 Å². The molecule has 1 amide bonds. The fourth-order valence-electron chi connectivity index (χ4n) is 3.28. The summed E-state index contributed by atoms with van der Waals surface area (Å²) in [6, 6.07) is 6.92. The number of amides is 1. The van der Waals surface area contributed by atoms with Crippen molar-refractivity contribution < 1.29 is 13.2 Å². The van der Waals surface area contributed by atoms with Crippen molar-refractivity contribution in [1.29, 1.82) is 0 Å². The molecule has 0 spiro atoms. The van der Waals surface area contributed by atoms with Gasteiger partial charge < -0.3 is 5.32 Å². The van der Waals surface area contributed by atoms with Gasteiger partial charge in [-0.1, -0.05) is 24.6 Å². The molecular formula is C15H20N2O3S. The highest BCUT2D eigenvalue weighted by Gasteiger charge is 2.45. The van der Waals surface area contributed by atoms with Crippen LogP contribution in [-0.4, -0.2) is 38.3 Å². The van der Waals surface area contributed by atoms with Gasteiger partial charge in [0.15, 0.2) is 0 Å². The summed E-state index contributed by atoms with van der Waals surface area (Å²) in [4.78, 5) is 12.1. The molecule has 0 bridgehead atoms. The minimum absolute atomic E-state index is 0.0332. The molecule has 0 aromatic heterocycles. The van der Waals surface area contributed by atoms with Gasteiger partial charge in [0, 0.05) is 25.6 Å². The van der Waals surface area contributed by atoms with Crippen LogP contribution in [0, 0.1) is 24.7 Å². The first kappa shape index (κ1) is 14.5. The third kappa shape index (κ3) is 2.46. The zero-order chi connectivity index (χ0) is 15.2. The Bertz CT molecular complexity index is 654. The Balaban J connectivity index is 1.85. The van der Waals surface area contributed by atoms with Crippen molar-refractivity contribution in [3.05, 3.63) is 29.8 Å². The summed E-state index contributed by atoms with van der Waals surface area (Å²) in [5.41, 5.74) is 1.03. The number of hydrogen-bond donors (Lipinski definition) is 1. The van der Waals surface area contributed by atoms with Crippen molar-refractivity contribution in [2.75, 3.05) is 19.6 Å². The maximum atomic E-state index is 12.7. The van der Waals surface area contributed by atoms with Crippen LogP contribution in [0.1, 0.15) is 12.5 Å². The van der Waals surface area contributed by atoms with Crippen molar-refractivity contribution >= 4 is 15.9 Å². The Morgan fingerprint density at radius 2 is 1.86 bits per heavy atom. The molecule has 1 aromatic carbocycles. The first-order valence-electron chi connectivity index (χ1n) is 7.24. The minimum atomic E-state index is -3.46. The Morgan fingerprint density at radius 3 is 2.52 bits per heavy atom. The molecule has 0 unspecified atom stereocenters. The monoisotopic (exact) mass is 308 g/mol. The highest BCUT2D eigenvalue weighted by atomic mass is 32.2. The lowest BCUT2D eigenvalue weighted by Crippen LogP contribution is -2.46. The van der Waals surface area contributed by atoms with Crippen LogP contribution in [0.15, 0.2) is 29.2 Å². The number of nitrogens with zero attached hydrogens (tertiary/aromatic N) is 1. The highest BCUT2D eigenvalue weighted by Crippen LogP contribution is 2.35. The van der Waals surface area contributed by atoms with Gasteiger partial charge in [-0.05, 0) is 30.9 Å². The Kier molecular flexibility index (Phi) is 3.53. The van der Waals surface area contributed by atoms with Gasteiger partial charge in [0.05, 0.1) is 4.90 Å². The molecule has 2 saturated heterocycles. The first-order chi connectivity index (χ1) is 9.89. The van der Waals surface area contributed by atoms with Gasteiger partial charge in [0.25, 0.3) is 0 Å². The molecule has 2 aliphatic rings. The predicted octanol–water partition coefficient (Wildman–Crippen LogP) is 0.998. The van der Waals surface area contributed by atoms with Crippen LogP contribution in [-0.2, 0) is 14.8 Å². The summed E-state index contributed by atoms with van der Waals surface area (Å²) in [6.45, 7) is 5.32. The van der Waals surface area contributed by atoms with E-state index >= 15 is 0 Å². The zero-order valence-electron chi connectivity index (χ0n) is 12.2. The van der Waals surface area contributed by atoms with Crippen LogP contribution in [0.2, 0.25) is 0 Å². The van der Waals surface area contributed by atoms with E-state index in [2.05, 4.69) is 5.32 Å². The summed E-state index contributed by atoms with van der Waals surface area (Å²) in [5.74, 6) is 0.254. The fourth-order valence-corrected chi connectivity index (χ4v) is 4.81. The molecule has 2 heterocycles. The number of carbonyl (C=O) groups excluding carboxylic acids is 1. The summed E-state index contributed by atoms with van der Waals surface area (Å²) >= 11 is 0. The van der Waals surface area contributed by atoms with Crippen LogP contribution in [0.25, 0.3) is 0 Å². The second-order valence-corrected chi connectivity index (χ2v) is 8.03. The third-order valence-electron chi connectivity index (χ3n) is 4.71. The molecule has 2 aliphatic heterocycles. The molecule has 21 heavy (non-hydrogen) atoms. The molecule has 0 saturated carbocycles. The van der Waals surface area contributed by atoms with E-state index in [9.17, 15) is 13.2 Å². The van der Waals surface area contributed by atoms with E-state index in [1.165, 1.54) is 4.31 Å². The topological polar surface area (TPSA) is 66.5 Å². The number of hydrogen-bond acceptors (Lipinski definition) is 3. The van der Waals surface area contributed by atoms with Crippen LogP contribution < -0.4 is 5.32 Å². The van der Waals surface area contributed by atoms with E-state index in [0.29, 0.717) is 24.5 Å². The van der Waals surface area contributed by atoms with Crippen molar-refractivity contribution in [2.24, 2.45) is 17.8 Å². The van der Waals surface area contributed by atoms with Crippen molar-refractivity contribution in [3.63, 3.8) is 0 Å². The van der Waals surface area contributed by atoms with Crippen molar-refractivity contribution in [1.82, 2.24) is 9.62 Å². The first-order valence-corrected chi connectivity index (χ1v) is 8.68. The number of benzene rings is 1. The third-order valence-corrected chi connectivity index (χ3v) is 6.56.